The molecule has 1 aliphatic rings. The Balaban J connectivity index is 1.60. The number of H-pyrrole nitrogens is 1. The van der Waals surface area contributed by atoms with Crippen LogP contribution in [0.1, 0.15) is 13.3 Å². The number of benzene rings is 1. The molecule has 1 fully saturated rings. The number of carbonyl (C=O) groups excluding carboxylic acids is 1. The van der Waals surface area contributed by atoms with Gasteiger partial charge in [-0.15, -0.1) is 0 Å². The van der Waals surface area contributed by atoms with E-state index in [0.717, 1.165) is 43.0 Å². The Morgan fingerprint density at radius 3 is 2.62 bits per heavy atom. The number of para-hydroxylation sites is 2. The number of anilines is 1. The molecule has 6 nitrogen and oxygen atoms in total. The first-order valence-corrected chi connectivity index (χ1v) is 9.18. The van der Waals surface area contributed by atoms with E-state index in [2.05, 4.69) is 14.9 Å². The molecule has 1 amide bonds. The second-order valence-electron chi connectivity index (χ2n) is 6.32. The Hall–Kier alpha value is -2.60. The fourth-order valence-corrected chi connectivity index (χ4v) is 3.44. The largest absolute Gasteiger partial charge is 0.353 e. The van der Waals surface area contributed by atoms with Gasteiger partial charge in [-0.25, -0.2) is 9.97 Å². The second kappa shape index (κ2) is 6.96. The summed E-state index contributed by atoms with van der Waals surface area (Å²) >= 11 is 6.39. The SMILES string of the molecule is CCC(=O)N1CCN(c2ccc(Cl)c(-c3nc4ccccc4[nH]3)n2)CC1. The highest BCUT2D eigenvalue weighted by Gasteiger charge is 2.22. The van der Waals surface area contributed by atoms with Gasteiger partial charge in [0.2, 0.25) is 5.91 Å². The molecule has 7 heteroatoms. The predicted octanol–water partition coefficient (Wildman–Crippen LogP) is 3.34. The second-order valence-corrected chi connectivity index (χ2v) is 6.73. The lowest BCUT2D eigenvalue weighted by molar-refractivity contribution is -0.131. The molecule has 0 saturated carbocycles. The number of fused-ring (bicyclic) bond motifs is 1. The molecule has 0 atom stereocenters. The summed E-state index contributed by atoms with van der Waals surface area (Å²) in [6.07, 6.45) is 0.551. The van der Waals surface area contributed by atoms with Gasteiger partial charge in [0.05, 0.1) is 16.1 Å². The van der Waals surface area contributed by atoms with Gasteiger partial charge in [-0.05, 0) is 24.3 Å². The van der Waals surface area contributed by atoms with E-state index in [1.807, 2.05) is 48.2 Å². The summed E-state index contributed by atoms with van der Waals surface area (Å²) in [4.78, 5) is 28.6. The van der Waals surface area contributed by atoms with E-state index in [1.54, 1.807) is 0 Å². The van der Waals surface area contributed by atoms with Crippen molar-refractivity contribution in [2.75, 3.05) is 31.1 Å². The van der Waals surface area contributed by atoms with Crippen LogP contribution in [0.2, 0.25) is 5.02 Å². The van der Waals surface area contributed by atoms with Gasteiger partial charge in [0, 0.05) is 32.6 Å². The molecule has 0 spiro atoms. The molecule has 1 aromatic carbocycles. The van der Waals surface area contributed by atoms with E-state index in [1.165, 1.54) is 0 Å². The maximum Gasteiger partial charge on any atom is 0.222 e. The molecule has 2 aromatic heterocycles. The van der Waals surface area contributed by atoms with Gasteiger partial charge in [-0.3, -0.25) is 4.79 Å². The van der Waals surface area contributed by atoms with Crippen molar-refractivity contribution in [3.8, 4) is 11.5 Å². The molecule has 3 heterocycles. The van der Waals surface area contributed by atoms with Crippen LogP contribution < -0.4 is 4.90 Å². The fraction of sp³-hybridized carbons (Fsp3) is 0.316. The fourth-order valence-electron chi connectivity index (χ4n) is 3.25. The van der Waals surface area contributed by atoms with Crippen LogP contribution >= 0.6 is 11.6 Å². The standard InChI is InChI=1S/C19H20ClN5O/c1-2-17(26)25-11-9-24(10-12-25)16-8-7-13(20)18(23-16)19-21-14-5-3-4-6-15(14)22-19/h3-8H,2,9-12H2,1H3,(H,21,22). The third kappa shape index (κ3) is 3.12. The lowest BCUT2D eigenvalue weighted by Crippen LogP contribution is -2.48. The molecule has 0 bridgehead atoms. The number of hydrogen-bond acceptors (Lipinski definition) is 4. The summed E-state index contributed by atoms with van der Waals surface area (Å²) in [7, 11) is 0. The van der Waals surface area contributed by atoms with Crippen LogP contribution in [-0.4, -0.2) is 51.9 Å². The van der Waals surface area contributed by atoms with Gasteiger partial charge in [0.25, 0.3) is 0 Å². The van der Waals surface area contributed by atoms with E-state index in [-0.39, 0.29) is 5.91 Å². The molecular weight excluding hydrogens is 350 g/mol. The Morgan fingerprint density at radius 2 is 1.88 bits per heavy atom. The van der Waals surface area contributed by atoms with Crippen molar-refractivity contribution in [1.82, 2.24) is 19.9 Å². The maximum atomic E-state index is 11.8. The summed E-state index contributed by atoms with van der Waals surface area (Å²) in [6.45, 7) is 4.86. The molecule has 26 heavy (non-hydrogen) atoms. The number of aromatic nitrogens is 3. The number of nitrogens with one attached hydrogen (secondary N) is 1. The lowest BCUT2D eigenvalue weighted by atomic mass is 10.2. The van der Waals surface area contributed by atoms with Gasteiger partial charge >= 0.3 is 0 Å². The van der Waals surface area contributed by atoms with Crippen molar-refractivity contribution >= 4 is 34.4 Å². The normalized spacial score (nSPS) is 14.8. The minimum atomic E-state index is 0.205. The summed E-state index contributed by atoms with van der Waals surface area (Å²) < 4.78 is 0. The summed E-state index contributed by atoms with van der Waals surface area (Å²) in [5, 5.41) is 0.563. The average molecular weight is 370 g/mol. The van der Waals surface area contributed by atoms with Crippen LogP contribution in [0.25, 0.3) is 22.6 Å². The van der Waals surface area contributed by atoms with Gasteiger partial charge < -0.3 is 14.8 Å². The van der Waals surface area contributed by atoms with Crippen LogP contribution in [-0.2, 0) is 4.79 Å². The number of pyridine rings is 1. The van der Waals surface area contributed by atoms with Gasteiger partial charge in [-0.2, -0.15) is 0 Å². The quantitative estimate of drug-likeness (QED) is 0.769. The Morgan fingerprint density at radius 1 is 1.12 bits per heavy atom. The number of imidazole rings is 1. The maximum absolute atomic E-state index is 11.8. The van der Waals surface area contributed by atoms with E-state index in [0.29, 0.717) is 23.0 Å². The molecule has 0 unspecified atom stereocenters. The van der Waals surface area contributed by atoms with Crippen molar-refractivity contribution in [2.45, 2.75) is 13.3 Å². The van der Waals surface area contributed by atoms with Crippen LogP contribution in [0.15, 0.2) is 36.4 Å². The predicted molar refractivity (Wildman–Crippen MR) is 103 cm³/mol. The first kappa shape index (κ1) is 16.8. The van der Waals surface area contributed by atoms with E-state index >= 15 is 0 Å². The molecule has 1 N–H and O–H groups in total. The lowest BCUT2D eigenvalue weighted by Gasteiger charge is -2.35. The number of rotatable bonds is 3. The third-order valence-corrected chi connectivity index (χ3v) is 5.01. The highest BCUT2D eigenvalue weighted by Crippen LogP contribution is 2.28. The number of amides is 1. The number of piperazine rings is 1. The molecule has 1 aliphatic heterocycles. The van der Waals surface area contributed by atoms with Crippen molar-refractivity contribution < 1.29 is 4.79 Å². The molecule has 4 rings (SSSR count). The molecule has 1 saturated heterocycles. The van der Waals surface area contributed by atoms with Gasteiger partial charge in [0.15, 0.2) is 5.82 Å². The van der Waals surface area contributed by atoms with Crippen LogP contribution in [0.3, 0.4) is 0 Å². The van der Waals surface area contributed by atoms with Crippen LogP contribution in [0.4, 0.5) is 5.82 Å². The van der Waals surface area contributed by atoms with E-state index < -0.39 is 0 Å². The van der Waals surface area contributed by atoms with Crippen molar-refractivity contribution in [1.29, 1.82) is 0 Å². The van der Waals surface area contributed by atoms with Crippen molar-refractivity contribution in [3.05, 3.63) is 41.4 Å². The number of halogens is 1. The Bertz CT molecular complexity index is 913. The smallest absolute Gasteiger partial charge is 0.222 e. The number of hydrogen-bond donors (Lipinski definition) is 1. The number of nitrogens with zero attached hydrogens (tertiary/aromatic N) is 4. The molecule has 134 valence electrons. The minimum absolute atomic E-state index is 0.205. The van der Waals surface area contributed by atoms with Gasteiger partial charge in [0.1, 0.15) is 11.5 Å². The van der Waals surface area contributed by atoms with E-state index in [9.17, 15) is 4.79 Å². The Kier molecular flexibility index (Phi) is 4.51. The highest BCUT2D eigenvalue weighted by molar-refractivity contribution is 6.33. The van der Waals surface area contributed by atoms with Crippen LogP contribution in [0.5, 0.6) is 0 Å². The summed E-state index contributed by atoms with van der Waals surface area (Å²) in [5.41, 5.74) is 2.49. The zero-order chi connectivity index (χ0) is 18.1. The molecule has 3 aromatic rings. The topological polar surface area (TPSA) is 65.1 Å². The van der Waals surface area contributed by atoms with E-state index in [4.69, 9.17) is 16.6 Å². The summed E-state index contributed by atoms with van der Waals surface area (Å²) in [5.74, 6) is 1.72. The molecular formula is C19H20ClN5O. The van der Waals surface area contributed by atoms with Crippen molar-refractivity contribution in [3.63, 3.8) is 0 Å². The Labute approximate surface area is 156 Å². The highest BCUT2D eigenvalue weighted by atomic mass is 35.5. The molecule has 0 aliphatic carbocycles. The molecule has 0 radical (unpaired) electrons. The first-order valence-electron chi connectivity index (χ1n) is 8.80. The number of carbonyl (C=O) groups is 1. The van der Waals surface area contributed by atoms with Crippen LogP contribution in [0, 0.1) is 0 Å². The average Bonchev–Trinajstić information content (AvgIpc) is 3.12. The third-order valence-electron chi connectivity index (χ3n) is 4.70. The zero-order valence-corrected chi connectivity index (χ0v) is 15.3. The minimum Gasteiger partial charge on any atom is -0.353 e. The summed E-state index contributed by atoms with van der Waals surface area (Å²) in [6, 6.07) is 11.6. The zero-order valence-electron chi connectivity index (χ0n) is 14.6. The van der Waals surface area contributed by atoms with Gasteiger partial charge in [-0.1, -0.05) is 30.7 Å². The number of aromatic amines is 1. The monoisotopic (exact) mass is 369 g/mol. The first-order chi connectivity index (χ1) is 12.7. The van der Waals surface area contributed by atoms with Crippen molar-refractivity contribution in [2.24, 2.45) is 0 Å².